The van der Waals surface area contributed by atoms with Crippen LogP contribution >= 0.6 is 0 Å². The maximum absolute atomic E-state index is 4.41. The molecule has 1 rings (SSSR count). The van der Waals surface area contributed by atoms with Crippen molar-refractivity contribution < 1.29 is 0 Å². The Morgan fingerprint density at radius 3 is 2.69 bits per heavy atom. The molecule has 0 spiro atoms. The molecule has 1 N–H and O–H groups in total. The molecule has 0 aromatic carbocycles. The molecule has 0 amide bonds. The third kappa shape index (κ3) is 2.31. The highest BCUT2D eigenvalue weighted by molar-refractivity contribution is 5.13. The lowest BCUT2D eigenvalue weighted by atomic mass is 10.2. The van der Waals surface area contributed by atoms with Crippen molar-refractivity contribution in [2.24, 2.45) is 7.05 Å². The maximum atomic E-state index is 4.41. The molecule has 0 radical (unpaired) electrons. The third-order valence-electron chi connectivity index (χ3n) is 2.28. The predicted octanol–water partition coefficient (Wildman–Crippen LogP) is 1.65. The van der Waals surface area contributed by atoms with Crippen molar-refractivity contribution in [2.75, 3.05) is 6.54 Å². The molecule has 0 saturated heterocycles. The Bertz CT molecular complexity index is 265. The van der Waals surface area contributed by atoms with Crippen LogP contribution in [0.3, 0.4) is 0 Å². The molecule has 13 heavy (non-hydrogen) atoms. The Labute approximate surface area is 80.1 Å². The lowest BCUT2D eigenvalue weighted by Crippen LogP contribution is -2.20. The second-order valence-electron chi connectivity index (χ2n) is 3.32. The molecule has 74 valence electrons. The Kier molecular flexibility index (Phi) is 3.48. The van der Waals surface area contributed by atoms with Crippen molar-refractivity contribution in [3.63, 3.8) is 0 Å². The first-order chi connectivity index (χ1) is 6.19. The summed E-state index contributed by atoms with van der Waals surface area (Å²) in [6, 6.07) is 2.57. The second kappa shape index (κ2) is 4.42. The van der Waals surface area contributed by atoms with Gasteiger partial charge in [-0.1, -0.05) is 13.8 Å². The van der Waals surface area contributed by atoms with Crippen LogP contribution in [-0.2, 0) is 13.5 Å². The van der Waals surface area contributed by atoms with Crippen molar-refractivity contribution >= 4 is 0 Å². The van der Waals surface area contributed by atoms with Gasteiger partial charge in [0.25, 0.3) is 0 Å². The van der Waals surface area contributed by atoms with Gasteiger partial charge in [-0.2, -0.15) is 5.10 Å². The van der Waals surface area contributed by atoms with Gasteiger partial charge in [-0.05, 0) is 26.0 Å². The maximum Gasteiger partial charge on any atom is 0.0625 e. The number of aromatic nitrogens is 2. The molecule has 3 nitrogen and oxygen atoms in total. The number of rotatable bonds is 4. The fourth-order valence-electron chi connectivity index (χ4n) is 1.53. The molecule has 1 unspecified atom stereocenters. The lowest BCUT2D eigenvalue weighted by molar-refractivity contribution is 0.545. The van der Waals surface area contributed by atoms with E-state index in [2.05, 4.69) is 37.3 Å². The van der Waals surface area contributed by atoms with E-state index in [4.69, 9.17) is 0 Å². The minimum absolute atomic E-state index is 0.391. The van der Waals surface area contributed by atoms with Crippen molar-refractivity contribution in [1.29, 1.82) is 0 Å². The molecular formula is C10H19N3. The zero-order valence-corrected chi connectivity index (χ0v) is 8.96. The zero-order chi connectivity index (χ0) is 9.84. The molecule has 0 aliphatic carbocycles. The average Bonchev–Trinajstić information content (AvgIpc) is 2.47. The lowest BCUT2D eigenvalue weighted by Gasteiger charge is -2.11. The normalized spacial score (nSPS) is 13.2. The highest BCUT2D eigenvalue weighted by atomic mass is 15.3. The highest BCUT2D eigenvalue weighted by Gasteiger charge is 2.09. The summed E-state index contributed by atoms with van der Waals surface area (Å²) in [4.78, 5) is 0. The van der Waals surface area contributed by atoms with E-state index < -0.39 is 0 Å². The first-order valence-corrected chi connectivity index (χ1v) is 4.95. The fourth-order valence-corrected chi connectivity index (χ4v) is 1.53. The van der Waals surface area contributed by atoms with Crippen molar-refractivity contribution in [1.82, 2.24) is 15.1 Å². The van der Waals surface area contributed by atoms with E-state index >= 15 is 0 Å². The quantitative estimate of drug-likeness (QED) is 0.765. The molecule has 1 heterocycles. The van der Waals surface area contributed by atoms with Crippen molar-refractivity contribution in [3.05, 3.63) is 17.5 Å². The van der Waals surface area contributed by atoms with Gasteiger partial charge >= 0.3 is 0 Å². The zero-order valence-electron chi connectivity index (χ0n) is 8.96. The summed E-state index contributed by atoms with van der Waals surface area (Å²) in [7, 11) is 2.00. The number of aryl methyl sites for hydroxylation is 2. The summed E-state index contributed by atoms with van der Waals surface area (Å²) in [6.45, 7) is 7.41. The van der Waals surface area contributed by atoms with Crippen molar-refractivity contribution in [2.45, 2.75) is 33.2 Å². The van der Waals surface area contributed by atoms with Crippen LogP contribution in [0.15, 0.2) is 6.07 Å². The molecule has 0 fully saturated rings. The van der Waals surface area contributed by atoms with Crippen molar-refractivity contribution in [3.8, 4) is 0 Å². The van der Waals surface area contributed by atoms with E-state index in [0.29, 0.717) is 6.04 Å². The van der Waals surface area contributed by atoms with E-state index in [-0.39, 0.29) is 0 Å². The predicted molar refractivity (Wildman–Crippen MR) is 54.7 cm³/mol. The molecule has 0 aliphatic heterocycles. The van der Waals surface area contributed by atoms with Crippen LogP contribution in [0.4, 0.5) is 0 Å². The van der Waals surface area contributed by atoms with E-state index in [1.165, 1.54) is 11.4 Å². The largest absolute Gasteiger partial charge is 0.309 e. The second-order valence-corrected chi connectivity index (χ2v) is 3.32. The van der Waals surface area contributed by atoms with Crippen LogP contribution in [0.5, 0.6) is 0 Å². The smallest absolute Gasteiger partial charge is 0.0625 e. The van der Waals surface area contributed by atoms with Gasteiger partial charge in [-0.3, -0.25) is 4.68 Å². The summed E-state index contributed by atoms with van der Waals surface area (Å²) < 4.78 is 1.96. The molecule has 1 atom stereocenters. The first-order valence-electron chi connectivity index (χ1n) is 4.95. The van der Waals surface area contributed by atoms with E-state index in [9.17, 15) is 0 Å². The Balaban J connectivity index is 2.80. The number of nitrogens with one attached hydrogen (secondary N) is 1. The first kappa shape index (κ1) is 10.3. The van der Waals surface area contributed by atoms with Crippen LogP contribution in [0, 0.1) is 0 Å². The Hall–Kier alpha value is -0.830. The van der Waals surface area contributed by atoms with Gasteiger partial charge in [0.05, 0.1) is 11.4 Å². The highest BCUT2D eigenvalue weighted by Crippen LogP contribution is 2.12. The Morgan fingerprint density at radius 1 is 1.54 bits per heavy atom. The molecule has 0 bridgehead atoms. The summed E-state index contributed by atoms with van der Waals surface area (Å²) in [5, 5.41) is 7.79. The molecule has 1 aromatic heterocycles. The van der Waals surface area contributed by atoms with Crippen LogP contribution in [0.25, 0.3) is 0 Å². The summed E-state index contributed by atoms with van der Waals surface area (Å²) in [5.41, 5.74) is 2.43. The monoisotopic (exact) mass is 181 g/mol. The van der Waals surface area contributed by atoms with Crippen LogP contribution in [-0.4, -0.2) is 16.3 Å². The van der Waals surface area contributed by atoms with Gasteiger partial charge in [0.2, 0.25) is 0 Å². The standard InChI is InChI=1S/C10H19N3/c1-5-9-7-10(13(4)12-9)8(3)11-6-2/h7-8,11H,5-6H2,1-4H3. The molecule has 1 aromatic rings. The van der Waals surface area contributed by atoms with Gasteiger partial charge in [-0.15, -0.1) is 0 Å². The van der Waals surface area contributed by atoms with Crippen LogP contribution in [0.2, 0.25) is 0 Å². The van der Waals surface area contributed by atoms with Crippen LogP contribution < -0.4 is 5.32 Å². The topological polar surface area (TPSA) is 29.9 Å². The SMILES string of the molecule is CCNC(C)c1cc(CC)nn1C. The summed E-state index contributed by atoms with van der Waals surface area (Å²) >= 11 is 0. The molecule has 0 saturated carbocycles. The minimum atomic E-state index is 0.391. The van der Waals surface area contributed by atoms with Gasteiger partial charge in [0.1, 0.15) is 0 Å². The summed E-state index contributed by atoms with van der Waals surface area (Å²) in [6.07, 6.45) is 1.01. The van der Waals surface area contributed by atoms with E-state index in [1.54, 1.807) is 0 Å². The van der Waals surface area contributed by atoms with Crippen LogP contribution in [0.1, 0.15) is 38.2 Å². The molecular weight excluding hydrogens is 162 g/mol. The minimum Gasteiger partial charge on any atom is -0.309 e. The number of hydrogen-bond acceptors (Lipinski definition) is 2. The molecule has 0 aliphatic rings. The number of hydrogen-bond donors (Lipinski definition) is 1. The third-order valence-corrected chi connectivity index (χ3v) is 2.28. The van der Waals surface area contributed by atoms with Gasteiger partial charge in [0.15, 0.2) is 0 Å². The Morgan fingerprint density at radius 2 is 2.23 bits per heavy atom. The van der Waals surface area contributed by atoms with Gasteiger partial charge in [-0.25, -0.2) is 0 Å². The fraction of sp³-hybridized carbons (Fsp3) is 0.700. The number of nitrogens with zero attached hydrogens (tertiary/aromatic N) is 2. The molecule has 3 heteroatoms. The average molecular weight is 181 g/mol. The van der Waals surface area contributed by atoms with Gasteiger partial charge in [0, 0.05) is 13.1 Å². The van der Waals surface area contributed by atoms with E-state index in [0.717, 1.165) is 13.0 Å². The van der Waals surface area contributed by atoms with Gasteiger partial charge < -0.3 is 5.32 Å². The van der Waals surface area contributed by atoms with E-state index in [1.807, 2.05) is 11.7 Å². The summed E-state index contributed by atoms with van der Waals surface area (Å²) in [5.74, 6) is 0.